The van der Waals surface area contributed by atoms with Crippen LogP contribution in [0.15, 0.2) is 0 Å². The van der Waals surface area contributed by atoms with Gasteiger partial charge in [0.25, 0.3) is 0 Å². The number of nitrogens with zero attached hydrogens (tertiary/aromatic N) is 1. The number of carboxylic acids is 1. The van der Waals surface area contributed by atoms with Crippen LogP contribution in [0.1, 0.15) is 51.4 Å². The molecule has 1 aliphatic carbocycles. The van der Waals surface area contributed by atoms with Crippen LogP contribution in [0.4, 0.5) is 4.79 Å². The zero-order chi connectivity index (χ0) is 14.4. The first-order valence-corrected chi connectivity index (χ1v) is 7.89. The zero-order valence-electron chi connectivity index (χ0n) is 12.1. The van der Waals surface area contributed by atoms with Crippen molar-refractivity contribution in [3.05, 3.63) is 0 Å². The molecular formula is C15H26N2O3. The average molecular weight is 282 g/mol. The lowest BCUT2D eigenvalue weighted by molar-refractivity contribution is -0.137. The largest absolute Gasteiger partial charge is 0.481 e. The van der Waals surface area contributed by atoms with Gasteiger partial charge >= 0.3 is 12.0 Å². The van der Waals surface area contributed by atoms with E-state index in [1.807, 2.05) is 4.90 Å². The summed E-state index contributed by atoms with van der Waals surface area (Å²) in [6, 6.07) is 0.0285. The minimum absolute atomic E-state index is 0.0285. The Morgan fingerprint density at radius 3 is 2.55 bits per heavy atom. The van der Waals surface area contributed by atoms with E-state index in [0.29, 0.717) is 18.9 Å². The van der Waals surface area contributed by atoms with Crippen LogP contribution in [-0.2, 0) is 4.79 Å². The quantitative estimate of drug-likeness (QED) is 0.786. The van der Waals surface area contributed by atoms with E-state index >= 15 is 0 Å². The van der Waals surface area contributed by atoms with E-state index in [2.05, 4.69) is 5.32 Å². The highest BCUT2D eigenvalue weighted by Gasteiger charge is 2.26. The summed E-state index contributed by atoms with van der Waals surface area (Å²) in [5.74, 6) is 0.411. The topological polar surface area (TPSA) is 69.6 Å². The Bertz CT molecular complexity index is 340. The molecule has 1 atom stereocenters. The van der Waals surface area contributed by atoms with Crippen molar-refractivity contribution in [3.8, 4) is 0 Å². The fourth-order valence-corrected chi connectivity index (χ4v) is 3.37. The fraction of sp³-hybridized carbons (Fsp3) is 0.867. The molecule has 5 heteroatoms. The number of carbonyl (C=O) groups excluding carboxylic acids is 1. The molecule has 0 aromatic carbocycles. The maximum absolute atomic E-state index is 12.0. The Morgan fingerprint density at radius 2 is 1.85 bits per heavy atom. The molecule has 1 unspecified atom stereocenters. The Hall–Kier alpha value is -1.26. The number of hydrogen-bond donors (Lipinski definition) is 2. The summed E-state index contributed by atoms with van der Waals surface area (Å²) in [5, 5.41) is 11.7. The lowest BCUT2D eigenvalue weighted by Gasteiger charge is -2.18. The Morgan fingerprint density at radius 1 is 1.10 bits per heavy atom. The second kappa shape index (κ2) is 7.50. The molecule has 2 amide bonds. The molecule has 5 nitrogen and oxygen atoms in total. The van der Waals surface area contributed by atoms with Gasteiger partial charge in [0, 0.05) is 26.1 Å². The molecule has 1 saturated heterocycles. The Kier molecular flexibility index (Phi) is 5.68. The van der Waals surface area contributed by atoms with Gasteiger partial charge in [-0.15, -0.1) is 0 Å². The van der Waals surface area contributed by atoms with Crippen LogP contribution in [0.5, 0.6) is 0 Å². The van der Waals surface area contributed by atoms with Crippen molar-refractivity contribution in [2.24, 2.45) is 11.8 Å². The third-order valence-electron chi connectivity index (χ3n) is 4.64. The summed E-state index contributed by atoms with van der Waals surface area (Å²) < 4.78 is 0. The van der Waals surface area contributed by atoms with Crippen molar-refractivity contribution in [1.29, 1.82) is 0 Å². The zero-order valence-corrected chi connectivity index (χ0v) is 12.1. The van der Waals surface area contributed by atoms with Gasteiger partial charge in [-0.25, -0.2) is 4.79 Å². The summed E-state index contributed by atoms with van der Waals surface area (Å²) in [6.45, 7) is 2.25. The number of urea groups is 1. The van der Waals surface area contributed by atoms with E-state index in [0.717, 1.165) is 31.8 Å². The molecule has 0 bridgehead atoms. The van der Waals surface area contributed by atoms with Crippen LogP contribution in [0.2, 0.25) is 0 Å². The van der Waals surface area contributed by atoms with Crippen LogP contribution >= 0.6 is 0 Å². The summed E-state index contributed by atoms with van der Waals surface area (Å²) >= 11 is 0. The highest BCUT2D eigenvalue weighted by Crippen LogP contribution is 2.27. The summed E-state index contributed by atoms with van der Waals surface area (Å²) in [5.41, 5.74) is 0. The van der Waals surface area contributed by atoms with E-state index < -0.39 is 5.97 Å². The maximum atomic E-state index is 12.0. The molecule has 0 spiro atoms. The second-order valence-corrected chi connectivity index (χ2v) is 6.20. The fourth-order valence-electron chi connectivity index (χ4n) is 3.37. The van der Waals surface area contributed by atoms with Crippen LogP contribution in [0.3, 0.4) is 0 Å². The van der Waals surface area contributed by atoms with Crippen LogP contribution in [0.25, 0.3) is 0 Å². The first-order valence-electron chi connectivity index (χ1n) is 7.89. The van der Waals surface area contributed by atoms with Crippen LogP contribution in [0, 0.1) is 11.8 Å². The van der Waals surface area contributed by atoms with Crippen molar-refractivity contribution in [2.45, 2.75) is 51.4 Å². The summed E-state index contributed by atoms with van der Waals surface area (Å²) in [6.07, 6.45) is 8.24. The molecule has 0 aromatic rings. The first kappa shape index (κ1) is 15.1. The van der Waals surface area contributed by atoms with Crippen molar-refractivity contribution >= 4 is 12.0 Å². The molecule has 2 N–H and O–H groups in total. The van der Waals surface area contributed by atoms with Gasteiger partial charge in [0.1, 0.15) is 0 Å². The first-order chi connectivity index (χ1) is 9.65. The number of rotatable bonds is 6. The molecule has 0 aromatic heterocycles. The standard InChI is InChI=1S/C15H26N2O3/c18-14(19)6-5-13-8-10-17(11-13)15(20)16-9-7-12-3-1-2-4-12/h12-13H,1-11H2,(H,16,20)(H,18,19). The van der Waals surface area contributed by atoms with E-state index in [1.54, 1.807) is 0 Å². The number of carboxylic acid groups (broad SMARTS) is 1. The molecule has 2 rings (SSSR count). The SMILES string of the molecule is O=C(O)CCC1CCN(C(=O)NCCC2CCCC2)C1. The van der Waals surface area contributed by atoms with Gasteiger partial charge in [-0.1, -0.05) is 25.7 Å². The summed E-state index contributed by atoms with van der Waals surface area (Å²) in [4.78, 5) is 24.4. The van der Waals surface area contributed by atoms with Gasteiger partial charge in [-0.3, -0.25) is 4.79 Å². The molecule has 2 fully saturated rings. The lowest BCUT2D eigenvalue weighted by atomic mass is 10.0. The minimum Gasteiger partial charge on any atom is -0.481 e. The van der Waals surface area contributed by atoms with Crippen molar-refractivity contribution in [3.63, 3.8) is 0 Å². The van der Waals surface area contributed by atoms with Gasteiger partial charge in [-0.2, -0.15) is 0 Å². The third-order valence-corrected chi connectivity index (χ3v) is 4.64. The van der Waals surface area contributed by atoms with Crippen molar-refractivity contribution in [1.82, 2.24) is 10.2 Å². The highest BCUT2D eigenvalue weighted by atomic mass is 16.4. The molecule has 114 valence electrons. The minimum atomic E-state index is -0.746. The normalized spacial score (nSPS) is 23.2. The molecule has 1 heterocycles. The average Bonchev–Trinajstić information content (AvgIpc) is 3.07. The molecule has 20 heavy (non-hydrogen) atoms. The molecule has 0 radical (unpaired) electrons. The predicted molar refractivity (Wildman–Crippen MR) is 76.5 cm³/mol. The maximum Gasteiger partial charge on any atom is 0.317 e. The van der Waals surface area contributed by atoms with E-state index in [-0.39, 0.29) is 12.5 Å². The van der Waals surface area contributed by atoms with E-state index in [1.165, 1.54) is 25.7 Å². The monoisotopic (exact) mass is 282 g/mol. The third kappa shape index (κ3) is 4.69. The molecule has 1 saturated carbocycles. The molecular weight excluding hydrogens is 256 g/mol. The number of aliphatic carboxylic acids is 1. The number of likely N-dealkylation sites (tertiary alicyclic amines) is 1. The number of carbonyl (C=O) groups is 2. The lowest BCUT2D eigenvalue weighted by Crippen LogP contribution is -2.39. The van der Waals surface area contributed by atoms with Crippen molar-refractivity contribution in [2.75, 3.05) is 19.6 Å². The van der Waals surface area contributed by atoms with Crippen LogP contribution < -0.4 is 5.32 Å². The Labute approximate surface area is 120 Å². The molecule has 1 aliphatic heterocycles. The van der Waals surface area contributed by atoms with Gasteiger partial charge in [-0.05, 0) is 31.1 Å². The number of amides is 2. The molecule has 2 aliphatic rings. The van der Waals surface area contributed by atoms with Gasteiger partial charge < -0.3 is 15.3 Å². The highest BCUT2D eigenvalue weighted by molar-refractivity contribution is 5.74. The Balaban J connectivity index is 1.59. The van der Waals surface area contributed by atoms with Crippen LogP contribution in [-0.4, -0.2) is 41.6 Å². The van der Waals surface area contributed by atoms with Gasteiger partial charge in [0.05, 0.1) is 0 Å². The number of nitrogens with one attached hydrogen (secondary N) is 1. The van der Waals surface area contributed by atoms with Gasteiger partial charge in [0.2, 0.25) is 0 Å². The predicted octanol–water partition coefficient (Wildman–Crippen LogP) is 2.46. The summed E-state index contributed by atoms with van der Waals surface area (Å²) in [7, 11) is 0. The van der Waals surface area contributed by atoms with Gasteiger partial charge in [0.15, 0.2) is 0 Å². The van der Waals surface area contributed by atoms with E-state index in [4.69, 9.17) is 5.11 Å². The number of hydrogen-bond acceptors (Lipinski definition) is 2. The van der Waals surface area contributed by atoms with Crippen molar-refractivity contribution < 1.29 is 14.7 Å². The smallest absolute Gasteiger partial charge is 0.317 e. The van der Waals surface area contributed by atoms with E-state index in [9.17, 15) is 9.59 Å². The second-order valence-electron chi connectivity index (χ2n) is 6.20.